The fraction of sp³-hybridized carbons (Fsp3) is 0.222. The molecule has 7 heteroatoms. The van der Waals surface area contributed by atoms with Crippen LogP contribution in [-0.4, -0.2) is 18.5 Å². The standard InChI is InChI=1S/C18H15F3O4/c1-10(2)9-24-17(22)11-3-5-12(6-4-11)18(23)25-14-8-7-13(19)15(20)16(14)21/h3-8,10H,9H2,1-2H3. The van der Waals surface area contributed by atoms with E-state index in [1.807, 2.05) is 13.8 Å². The van der Waals surface area contributed by atoms with Crippen LogP contribution in [0.5, 0.6) is 5.75 Å². The SMILES string of the molecule is CC(C)COC(=O)c1ccc(C(=O)Oc2ccc(F)c(F)c2F)cc1. The Morgan fingerprint density at radius 1 is 0.880 bits per heavy atom. The molecule has 2 aromatic carbocycles. The van der Waals surface area contributed by atoms with Crippen molar-refractivity contribution in [3.63, 3.8) is 0 Å². The molecule has 0 unspecified atom stereocenters. The summed E-state index contributed by atoms with van der Waals surface area (Å²) in [5, 5.41) is 0. The number of carbonyl (C=O) groups is 2. The first-order chi connectivity index (χ1) is 11.8. The summed E-state index contributed by atoms with van der Waals surface area (Å²) in [6.45, 7) is 4.05. The van der Waals surface area contributed by atoms with E-state index in [4.69, 9.17) is 9.47 Å². The molecule has 0 bridgehead atoms. The summed E-state index contributed by atoms with van der Waals surface area (Å²) in [4.78, 5) is 23.7. The molecule has 25 heavy (non-hydrogen) atoms. The minimum Gasteiger partial charge on any atom is -0.462 e. The minimum absolute atomic E-state index is 0.00421. The van der Waals surface area contributed by atoms with Crippen molar-refractivity contribution in [1.29, 1.82) is 0 Å². The van der Waals surface area contributed by atoms with Gasteiger partial charge in [0, 0.05) is 0 Å². The summed E-state index contributed by atoms with van der Waals surface area (Å²) in [7, 11) is 0. The van der Waals surface area contributed by atoms with Crippen molar-refractivity contribution in [2.24, 2.45) is 5.92 Å². The van der Waals surface area contributed by atoms with Gasteiger partial charge in [0.05, 0.1) is 17.7 Å². The van der Waals surface area contributed by atoms with E-state index in [9.17, 15) is 22.8 Å². The number of hydrogen-bond acceptors (Lipinski definition) is 4. The van der Waals surface area contributed by atoms with Gasteiger partial charge in [-0.25, -0.2) is 18.4 Å². The van der Waals surface area contributed by atoms with Gasteiger partial charge in [0.15, 0.2) is 17.4 Å². The molecular weight excluding hydrogens is 337 g/mol. The van der Waals surface area contributed by atoms with Crippen molar-refractivity contribution in [3.8, 4) is 5.75 Å². The first-order valence-electron chi connectivity index (χ1n) is 7.42. The van der Waals surface area contributed by atoms with Crippen LogP contribution >= 0.6 is 0 Å². The summed E-state index contributed by atoms with van der Waals surface area (Å²) < 4.78 is 49.2. The highest BCUT2D eigenvalue weighted by molar-refractivity contribution is 5.94. The largest absolute Gasteiger partial charge is 0.462 e. The molecule has 0 saturated carbocycles. The van der Waals surface area contributed by atoms with Crippen molar-refractivity contribution >= 4 is 11.9 Å². The Labute approximate surface area is 142 Å². The van der Waals surface area contributed by atoms with Gasteiger partial charge < -0.3 is 9.47 Å². The van der Waals surface area contributed by atoms with E-state index in [-0.39, 0.29) is 23.7 Å². The average Bonchev–Trinajstić information content (AvgIpc) is 2.60. The molecule has 0 amide bonds. The van der Waals surface area contributed by atoms with Gasteiger partial charge >= 0.3 is 11.9 Å². The zero-order chi connectivity index (χ0) is 18.6. The summed E-state index contributed by atoms with van der Waals surface area (Å²) in [5.74, 6) is -6.78. The molecule has 0 aliphatic carbocycles. The zero-order valence-corrected chi connectivity index (χ0v) is 13.5. The second-order valence-electron chi connectivity index (χ2n) is 5.63. The summed E-state index contributed by atoms with van der Waals surface area (Å²) in [6, 6.07) is 6.72. The van der Waals surface area contributed by atoms with Crippen LogP contribution < -0.4 is 4.74 Å². The lowest BCUT2D eigenvalue weighted by molar-refractivity contribution is 0.0458. The predicted molar refractivity (Wildman–Crippen MR) is 82.8 cm³/mol. The lowest BCUT2D eigenvalue weighted by Gasteiger charge is -2.08. The van der Waals surface area contributed by atoms with Crippen LogP contribution in [0.2, 0.25) is 0 Å². The lowest BCUT2D eigenvalue weighted by atomic mass is 10.1. The second-order valence-corrected chi connectivity index (χ2v) is 5.63. The van der Waals surface area contributed by atoms with Crippen molar-refractivity contribution in [2.45, 2.75) is 13.8 Å². The van der Waals surface area contributed by atoms with Gasteiger partial charge in [0.2, 0.25) is 5.82 Å². The Hall–Kier alpha value is -2.83. The maximum Gasteiger partial charge on any atom is 0.343 e. The Morgan fingerprint density at radius 3 is 2.00 bits per heavy atom. The van der Waals surface area contributed by atoms with Gasteiger partial charge in [-0.3, -0.25) is 0 Å². The van der Waals surface area contributed by atoms with Crippen molar-refractivity contribution in [3.05, 3.63) is 65.0 Å². The fourth-order valence-electron chi connectivity index (χ4n) is 1.81. The third kappa shape index (κ3) is 4.59. The normalized spacial score (nSPS) is 10.6. The highest BCUT2D eigenvalue weighted by Gasteiger charge is 2.18. The van der Waals surface area contributed by atoms with Crippen LogP contribution in [-0.2, 0) is 4.74 Å². The highest BCUT2D eigenvalue weighted by Crippen LogP contribution is 2.23. The molecule has 0 aliphatic rings. The maximum absolute atomic E-state index is 13.5. The first kappa shape index (κ1) is 18.5. The highest BCUT2D eigenvalue weighted by atomic mass is 19.2. The molecule has 0 saturated heterocycles. The molecule has 2 rings (SSSR count). The molecular formula is C18H15F3O4. The third-order valence-electron chi connectivity index (χ3n) is 3.11. The summed E-state index contributed by atoms with van der Waals surface area (Å²) >= 11 is 0. The van der Waals surface area contributed by atoms with Crippen molar-refractivity contribution < 1.29 is 32.2 Å². The number of esters is 2. The fourth-order valence-corrected chi connectivity index (χ4v) is 1.81. The number of rotatable bonds is 5. The van der Waals surface area contributed by atoms with Crippen LogP contribution in [0.4, 0.5) is 13.2 Å². The van der Waals surface area contributed by atoms with E-state index < -0.39 is 35.1 Å². The average molecular weight is 352 g/mol. The van der Waals surface area contributed by atoms with Crippen molar-refractivity contribution in [2.75, 3.05) is 6.61 Å². The lowest BCUT2D eigenvalue weighted by Crippen LogP contribution is -2.12. The molecule has 2 aromatic rings. The van der Waals surface area contributed by atoms with Gasteiger partial charge in [-0.1, -0.05) is 13.8 Å². The van der Waals surface area contributed by atoms with E-state index in [2.05, 4.69) is 0 Å². The van der Waals surface area contributed by atoms with Gasteiger partial charge in [-0.15, -0.1) is 0 Å². The molecule has 0 fully saturated rings. The monoisotopic (exact) mass is 352 g/mol. The van der Waals surface area contributed by atoms with Gasteiger partial charge in [0.1, 0.15) is 0 Å². The number of ether oxygens (including phenoxy) is 2. The van der Waals surface area contributed by atoms with Crippen LogP contribution in [0.25, 0.3) is 0 Å². The smallest absolute Gasteiger partial charge is 0.343 e. The van der Waals surface area contributed by atoms with E-state index in [1.165, 1.54) is 24.3 Å². The Kier molecular flexibility index (Phi) is 5.80. The first-order valence-corrected chi connectivity index (χ1v) is 7.42. The topological polar surface area (TPSA) is 52.6 Å². The van der Waals surface area contributed by atoms with E-state index in [1.54, 1.807) is 0 Å². The molecule has 132 valence electrons. The number of benzene rings is 2. The van der Waals surface area contributed by atoms with Crippen LogP contribution in [0.3, 0.4) is 0 Å². The van der Waals surface area contributed by atoms with Crippen LogP contribution in [0.1, 0.15) is 34.6 Å². The Balaban J connectivity index is 2.08. The van der Waals surface area contributed by atoms with E-state index in [0.29, 0.717) is 6.07 Å². The minimum atomic E-state index is -1.73. The van der Waals surface area contributed by atoms with Crippen LogP contribution in [0.15, 0.2) is 36.4 Å². The van der Waals surface area contributed by atoms with Gasteiger partial charge in [-0.2, -0.15) is 4.39 Å². The quantitative estimate of drug-likeness (QED) is 0.461. The third-order valence-corrected chi connectivity index (χ3v) is 3.11. The molecule has 0 radical (unpaired) electrons. The molecule has 0 atom stereocenters. The molecule has 0 N–H and O–H groups in total. The number of hydrogen-bond donors (Lipinski definition) is 0. The van der Waals surface area contributed by atoms with E-state index >= 15 is 0 Å². The summed E-state index contributed by atoms with van der Waals surface area (Å²) in [5.41, 5.74) is 0.237. The molecule has 0 aromatic heterocycles. The molecule has 0 aliphatic heterocycles. The zero-order valence-electron chi connectivity index (χ0n) is 13.5. The van der Waals surface area contributed by atoms with Crippen molar-refractivity contribution in [1.82, 2.24) is 0 Å². The molecule has 0 heterocycles. The van der Waals surface area contributed by atoms with Gasteiger partial charge in [-0.05, 0) is 42.3 Å². The second kappa shape index (κ2) is 7.83. The van der Waals surface area contributed by atoms with E-state index in [0.717, 1.165) is 6.07 Å². The number of halogens is 3. The number of carbonyl (C=O) groups excluding carboxylic acids is 2. The predicted octanol–water partition coefficient (Wildman–Crippen LogP) is 4.14. The van der Waals surface area contributed by atoms with Crippen LogP contribution in [0, 0.1) is 23.4 Å². The molecule has 0 spiro atoms. The molecule has 4 nitrogen and oxygen atoms in total. The van der Waals surface area contributed by atoms with Gasteiger partial charge in [0.25, 0.3) is 0 Å². The summed E-state index contributed by atoms with van der Waals surface area (Å²) in [6.07, 6.45) is 0. The Morgan fingerprint density at radius 2 is 1.44 bits per heavy atom. The Bertz CT molecular complexity index is 786. The maximum atomic E-state index is 13.5.